The molecule has 0 spiro atoms. The second-order valence-electron chi connectivity index (χ2n) is 9.48. The third kappa shape index (κ3) is 6.52. The zero-order chi connectivity index (χ0) is 26.4. The van der Waals surface area contributed by atoms with E-state index in [1.807, 2.05) is 78.9 Å². The van der Waals surface area contributed by atoms with Gasteiger partial charge in [-0.05, 0) is 74.2 Å². The van der Waals surface area contributed by atoms with E-state index < -0.39 is 20.4 Å². The second kappa shape index (κ2) is 12.1. The lowest BCUT2D eigenvalue weighted by Gasteiger charge is -2.35. The zero-order valence-electron chi connectivity index (χ0n) is 21.5. The molecule has 1 N–H and O–H groups in total. The summed E-state index contributed by atoms with van der Waals surface area (Å²) in [7, 11) is -6.40. The summed E-state index contributed by atoms with van der Waals surface area (Å²) >= 11 is 0. The van der Waals surface area contributed by atoms with E-state index in [9.17, 15) is 8.42 Å². The topological polar surface area (TPSA) is 83.9 Å². The van der Waals surface area contributed by atoms with Crippen LogP contribution in [0.5, 0.6) is 11.5 Å². The van der Waals surface area contributed by atoms with E-state index in [4.69, 9.17) is 18.9 Å². The predicted molar refractivity (Wildman–Crippen MR) is 148 cm³/mol. The quantitative estimate of drug-likeness (QED) is 0.213. The van der Waals surface area contributed by atoms with Crippen LogP contribution in [0.25, 0.3) is 0 Å². The maximum atomic E-state index is 12.9. The van der Waals surface area contributed by atoms with Crippen LogP contribution in [0.15, 0.2) is 93.5 Å². The maximum Gasteiger partial charge on any atom is 0.387 e. The molecule has 2 fully saturated rings. The molecule has 0 aromatic heterocycles. The Morgan fingerprint density at radius 3 is 1.63 bits per heavy atom. The van der Waals surface area contributed by atoms with Gasteiger partial charge < -0.3 is 18.9 Å². The fraction of sp³-hybridized carbons (Fsp3) is 0.379. The van der Waals surface area contributed by atoms with E-state index in [0.717, 1.165) is 59.5 Å². The smallest absolute Gasteiger partial charge is 0.387 e. The highest BCUT2D eigenvalue weighted by molar-refractivity contribution is 8.32. The van der Waals surface area contributed by atoms with E-state index in [-0.39, 0.29) is 12.6 Å². The number of ether oxygens (including phenoxy) is 4. The molecule has 0 amide bonds. The minimum atomic E-state index is -3.78. The van der Waals surface area contributed by atoms with Crippen LogP contribution < -0.4 is 9.47 Å². The van der Waals surface area contributed by atoms with Gasteiger partial charge in [-0.1, -0.05) is 30.3 Å². The van der Waals surface area contributed by atoms with Crippen molar-refractivity contribution in [3.05, 3.63) is 78.9 Å². The van der Waals surface area contributed by atoms with Gasteiger partial charge in [0.25, 0.3) is 0 Å². The van der Waals surface area contributed by atoms with Crippen molar-refractivity contribution >= 4 is 20.4 Å². The lowest BCUT2D eigenvalue weighted by atomic mass is 10.2. The fourth-order valence-electron chi connectivity index (χ4n) is 4.73. The molecule has 3 aromatic rings. The first kappa shape index (κ1) is 27.0. The Balaban J connectivity index is 1.61. The summed E-state index contributed by atoms with van der Waals surface area (Å²) < 4.78 is 54.4. The Bertz CT molecular complexity index is 1240. The standard InChI is InChI=1S/C29H34O7S2/c1-37(30,31)36-38(25-13-3-2-4-14-25,26-15-9-11-23(21-26)34-28-17-5-7-19-32-28)27-16-10-12-24(22-27)35-29-18-6-8-20-33-29/h2-4,9-16,21-22,28-29H,5-8,17-20H2,1H3/p+1. The van der Waals surface area contributed by atoms with Gasteiger partial charge in [-0.2, -0.15) is 8.42 Å². The van der Waals surface area contributed by atoms with Crippen LogP contribution in [0.4, 0.5) is 0 Å². The van der Waals surface area contributed by atoms with Gasteiger partial charge >= 0.3 is 10.1 Å². The van der Waals surface area contributed by atoms with E-state index >= 15 is 0 Å². The third-order valence-electron chi connectivity index (χ3n) is 6.44. The van der Waals surface area contributed by atoms with Crippen molar-refractivity contribution in [1.29, 1.82) is 0 Å². The van der Waals surface area contributed by atoms with Gasteiger partial charge in [0, 0.05) is 12.8 Å². The summed E-state index contributed by atoms with van der Waals surface area (Å²) in [6.07, 6.45) is 6.28. The van der Waals surface area contributed by atoms with Crippen LogP contribution in [0.2, 0.25) is 0 Å². The number of hydrogen-bond donors (Lipinski definition) is 0. The third-order valence-corrected chi connectivity index (χ3v) is 11.2. The number of rotatable bonds is 9. The predicted octanol–water partition coefficient (Wildman–Crippen LogP) is 6.75. The van der Waals surface area contributed by atoms with Crippen LogP contribution in [-0.2, 0) is 19.6 Å². The number of benzene rings is 3. The van der Waals surface area contributed by atoms with Crippen molar-refractivity contribution in [3.8, 4) is 11.5 Å². The molecule has 2 aliphatic heterocycles. The minimum Gasteiger partial charge on any atom is -0.465 e. The van der Waals surface area contributed by atoms with Crippen molar-refractivity contribution in [2.24, 2.45) is 0 Å². The molecule has 5 rings (SSSR count). The highest BCUT2D eigenvalue weighted by atomic mass is 32.3. The lowest BCUT2D eigenvalue weighted by Crippen LogP contribution is -2.25. The van der Waals surface area contributed by atoms with E-state index in [1.54, 1.807) is 0 Å². The molecule has 2 unspecified atom stereocenters. The molecule has 0 radical (unpaired) electrons. The summed E-state index contributed by atoms with van der Waals surface area (Å²) in [4.78, 5) is 2.28. The molecule has 2 heterocycles. The summed E-state index contributed by atoms with van der Waals surface area (Å²) in [6.45, 7) is 1.34. The first-order valence-corrected chi connectivity index (χ1v) is 16.5. The molecule has 2 saturated heterocycles. The molecule has 3 aromatic carbocycles. The lowest BCUT2D eigenvalue weighted by molar-refractivity contribution is -0.106. The molecule has 2 aliphatic rings. The molecule has 9 heteroatoms. The molecule has 204 valence electrons. The van der Waals surface area contributed by atoms with Gasteiger partial charge in [-0.15, -0.1) is 0 Å². The molecule has 2 atom stereocenters. The monoisotopic (exact) mass is 559 g/mol. The van der Waals surface area contributed by atoms with Gasteiger partial charge in [0.05, 0.1) is 38.2 Å². The average molecular weight is 560 g/mol. The Hall–Kier alpha value is -2.56. The Morgan fingerprint density at radius 1 is 0.684 bits per heavy atom. The molecule has 7 nitrogen and oxygen atoms in total. The summed E-state index contributed by atoms with van der Waals surface area (Å²) in [5, 5.41) is 0. The molecule has 0 bridgehead atoms. The van der Waals surface area contributed by atoms with Gasteiger partial charge in [0.1, 0.15) is 17.8 Å². The van der Waals surface area contributed by atoms with Gasteiger partial charge in [0.15, 0.2) is 12.6 Å². The molecule has 0 saturated carbocycles. The van der Waals surface area contributed by atoms with E-state index in [1.165, 1.54) is 0 Å². The van der Waals surface area contributed by atoms with Crippen LogP contribution >= 0.6 is 10.3 Å². The maximum absolute atomic E-state index is 12.9. The first-order valence-electron chi connectivity index (χ1n) is 13.0. The molecular formula is C29H35O7S2+. The van der Waals surface area contributed by atoms with E-state index in [2.05, 4.69) is 3.63 Å². The Morgan fingerprint density at radius 2 is 1.18 bits per heavy atom. The van der Waals surface area contributed by atoms with Gasteiger partial charge in [-0.3, -0.25) is 3.63 Å². The SMILES string of the molecule is CS(=O)(=O)[OH+]S(c1ccccc1)(c1cccc(OC2CCCCO2)c1)c1cccc(OC2CCCCO2)c1. The van der Waals surface area contributed by atoms with E-state index in [0.29, 0.717) is 24.7 Å². The molecular weight excluding hydrogens is 524 g/mol. The average Bonchev–Trinajstić information content (AvgIpc) is 2.93. The molecule has 38 heavy (non-hydrogen) atoms. The normalized spacial score (nSPS) is 22.7. The van der Waals surface area contributed by atoms with Crippen molar-refractivity contribution in [2.45, 2.75) is 65.8 Å². The second-order valence-corrected chi connectivity index (χ2v) is 14.1. The Kier molecular flexibility index (Phi) is 8.60. The van der Waals surface area contributed by atoms with Gasteiger partial charge in [-0.25, -0.2) is 0 Å². The highest BCUT2D eigenvalue weighted by Gasteiger charge is 2.42. The minimum absolute atomic E-state index is 0.320. The van der Waals surface area contributed by atoms with Gasteiger partial charge in [0.2, 0.25) is 0 Å². The van der Waals surface area contributed by atoms with Crippen molar-refractivity contribution in [3.63, 3.8) is 0 Å². The van der Waals surface area contributed by atoms with Crippen LogP contribution in [-0.4, -0.2) is 44.1 Å². The fourth-order valence-corrected chi connectivity index (χ4v) is 9.88. The number of hydrogen-bond acceptors (Lipinski definition) is 6. The summed E-state index contributed by atoms with van der Waals surface area (Å²) in [5.41, 5.74) is 0. The van der Waals surface area contributed by atoms with Crippen molar-refractivity contribution in [2.75, 3.05) is 19.5 Å². The largest absolute Gasteiger partial charge is 0.465 e. The van der Waals surface area contributed by atoms with Crippen molar-refractivity contribution < 1.29 is 31.0 Å². The van der Waals surface area contributed by atoms with Crippen LogP contribution in [0.3, 0.4) is 0 Å². The first-order chi connectivity index (χ1) is 18.4. The summed E-state index contributed by atoms with van der Waals surface area (Å²) in [5.74, 6) is 1.24. The van der Waals surface area contributed by atoms with Crippen LogP contribution in [0.1, 0.15) is 38.5 Å². The Labute approximate surface area is 226 Å². The summed E-state index contributed by atoms with van der Waals surface area (Å²) in [6, 6.07) is 24.7. The van der Waals surface area contributed by atoms with Crippen molar-refractivity contribution in [1.82, 2.24) is 0 Å². The molecule has 0 aliphatic carbocycles. The van der Waals surface area contributed by atoms with Crippen LogP contribution in [0, 0.1) is 0 Å². The zero-order valence-corrected chi connectivity index (χ0v) is 23.2. The highest BCUT2D eigenvalue weighted by Crippen LogP contribution is 2.68.